The number of methoxy groups -OCH3 is 1. The maximum absolute atomic E-state index is 12.2. The molecule has 0 atom stereocenters. The highest BCUT2D eigenvalue weighted by molar-refractivity contribution is 9.10. The highest BCUT2D eigenvalue weighted by atomic mass is 79.9. The fourth-order valence-electron chi connectivity index (χ4n) is 1.94. The van der Waals surface area contributed by atoms with E-state index in [-0.39, 0.29) is 26.9 Å². The molecule has 130 valence electrons. The number of carbonyl (C=O) groups excluding carboxylic acids is 1. The van der Waals surface area contributed by atoms with Crippen molar-refractivity contribution in [1.29, 1.82) is 0 Å². The number of anilines is 1. The molecule has 0 unspecified atom stereocenters. The molecule has 0 spiro atoms. The number of halogens is 2. The van der Waals surface area contributed by atoms with Gasteiger partial charge in [0, 0.05) is 10.0 Å². The van der Waals surface area contributed by atoms with E-state index in [4.69, 9.17) is 28.6 Å². The van der Waals surface area contributed by atoms with Crippen molar-refractivity contribution in [3.05, 3.63) is 57.0 Å². The summed E-state index contributed by atoms with van der Waals surface area (Å²) in [4.78, 5) is 23.5. The van der Waals surface area contributed by atoms with Crippen LogP contribution < -0.4 is 15.4 Å². The van der Waals surface area contributed by atoms with Gasteiger partial charge in [0.15, 0.2) is 5.11 Å². The summed E-state index contributed by atoms with van der Waals surface area (Å²) in [6, 6.07) is 9.16. The Morgan fingerprint density at radius 2 is 1.96 bits per heavy atom. The summed E-state index contributed by atoms with van der Waals surface area (Å²) in [7, 11) is 1.47. The first kappa shape index (κ1) is 19.2. The van der Waals surface area contributed by atoms with Crippen molar-refractivity contribution >= 4 is 62.4 Å². The zero-order valence-corrected chi connectivity index (χ0v) is 16.0. The molecule has 0 aliphatic heterocycles. The molecule has 3 N–H and O–H groups in total. The highest BCUT2D eigenvalue weighted by Crippen LogP contribution is 2.25. The van der Waals surface area contributed by atoms with Gasteiger partial charge in [0.2, 0.25) is 0 Å². The Bertz CT molecular complexity index is 860. The molecule has 0 aliphatic carbocycles. The molecule has 0 fully saturated rings. The predicted molar refractivity (Wildman–Crippen MR) is 103 cm³/mol. The summed E-state index contributed by atoms with van der Waals surface area (Å²) in [5.41, 5.74) is 0.552. The monoisotopic (exact) mass is 442 g/mol. The van der Waals surface area contributed by atoms with Crippen molar-refractivity contribution in [1.82, 2.24) is 5.32 Å². The van der Waals surface area contributed by atoms with E-state index in [9.17, 15) is 14.7 Å². The molecule has 0 radical (unpaired) electrons. The summed E-state index contributed by atoms with van der Waals surface area (Å²) in [5, 5.41) is 14.6. The van der Waals surface area contributed by atoms with Crippen molar-refractivity contribution in [3.8, 4) is 5.75 Å². The summed E-state index contributed by atoms with van der Waals surface area (Å²) < 4.78 is 5.63. The number of hydrogen-bond donors (Lipinski definition) is 3. The summed E-state index contributed by atoms with van der Waals surface area (Å²) in [6.45, 7) is 0. The van der Waals surface area contributed by atoms with Crippen LogP contribution in [0.3, 0.4) is 0 Å². The molecule has 2 rings (SSSR count). The number of carboxylic acid groups (broad SMARTS) is 1. The molecule has 0 aliphatic rings. The lowest BCUT2D eigenvalue weighted by Gasteiger charge is -2.12. The Kier molecular flexibility index (Phi) is 6.35. The van der Waals surface area contributed by atoms with Gasteiger partial charge in [-0.1, -0.05) is 27.5 Å². The van der Waals surface area contributed by atoms with Gasteiger partial charge >= 0.3 is 5.97 Å². The minimum Gasteiger partial charge on any atom is -0.495 e. The Labute approximate surface area is 162 Å². The molecular weight excluding hydrogens is 432 g/mol. The van der Waals surface area contributed by atoms with E-state index < -0.39 is 11.9 Å². The zero-order chi connectivity index (χ0) is 18.6. The van der Waals surface area contributed by atoms with Crippen LogP contribution in [0.4, 0.5) is 5.69 Å². The molecule has 1 amide bonds. The van der Waals surface area contributed by atoms with E-state index in [2.05, 4.69) is 26.6 Å². The van der Waals surface area contributed by atoms with Crippen LogP contribution in [0.5, 0.6) is 5.75 Å². The van der Waals surface area contributed by atoms with Crippen molar-refractivity contribution in [2.45, 2.75) is 0 Å². The van der Waals surface area contributed by atoms with E-state index in [1.54, 1.807) is 12.1 Å². The molecule has 2 aromatic rings. The van der Waals surface area contributed by atoms with Gasteiger partial charge < -0.3 is 15.2 Å². The number of carboxylic acids is 1. The van der Waals surface area contributed by atoms with Crippen LogP contribution in [-0.2, 0) is 0 Å². The van der Waals surface area contributed by atoms with Gasteiger partial charge in [-0.25, -0.2) is 4.79 Å². The number of carbonyl (C=O) groups is 2. The number of thiocarbonyl (C=S) groups is 1. The predicted octanol–water partition coefficient (Wildman–Crippen LogP) is 3.94. The number of ether oxygens (including phenoxy) is 1. The van der Waals surface area contributed by atoms with Crippen LogP contribution in [0.25, 0.3) is 0 Å². The molecule has 0 aromatic heterocycles. The lowest BCUT2D eigenvalue weighted by molar-refractivity contribution is 0.0697. The Morgan fingerprint density at radius 3 is 2.56 bits per heavy atom. The van der Waals surface area contributed by atoms with E-state index in [0.717, 1.165) is 0 Å². The highest BCUT2D eigenvalue weighted by Gasteiger charge is 2.14. The average Bonchev–Trinajstić information content (AvgIpc) is 2.56. The number of nitrogens with one attached hydrogen (secondary N) is 2. The van der Waals surface area contributed by atoms with E-state index in [1.807, 2.05) is 0 Å². The molecule has 0 heterocycles. The normalized spacial score (nSPS) is 10.0. The molecule has 0 saturated heterocycles. The first-order valence-corrected chi connectivity index (χ1v) is 8.38. The van der Waals surface area contributed by atoms with Gasteiger partial charge in [-0.15, -0.1) is 0 Å². The fraction of sp³-hybridized carbons (Fsp3) is 0.0625. The van der Waals surface area contributed by atoms with Gasteiger partial charge in [0.25, 0.3) is 5.91 Å². The van der Waals surface area contributed by atoms with Crippen LogP contribution in [-0.4, -0.2) is 29.2 Å². The largest absolute Gasteiger partial charge is 0.495 e. The van der Waals surface area contributed by atoms with E-state index in [1.165, 1.54) is 31.4 Å². The van der Waals surface area contributed by atoms with Gasteiger partial charge in [0.1, 0.15) is 5.75 Å². The second-order valence-corrected chi connectivity index (χ2v) is 6.48. The molecule has 9 heteroatoms. The van der Waals surface area contributed by atoms with Gasteiger partial charge in [-0.3, -0.25) is 10.1 Å². The third-order valence-electron chi connectivity index (χ3n) is 3.10. The number of hydrogen-bond acceptors (Lipinski definition) is 4. The molecule has 6 nitrogen and oxygen atoms in total. The van der Waals surface area contributed by atoms with Crippen molar-refractivity contribution in [2.24, 2.45) is 0 Å². The standard InChI is InChI=1S/C16H12BrClN2O4S/c1-24-13-5-2-8(6-11(13)18)14(21)20-16(25)19-12-4-3-9(17)7-10(12)15(22)23/h2-7H,1H3,(H,22,23)(H2,19,20,21,25). The number of benzene rings is 2. The van der Waals surface area contributed by atoms with E-state index in [0.29, 0.717) is 10.2 Å². The topological polar surface area (TPSA) is 87.7 Å². The summed E-state index contributed by atoms with van der Waals surface area (Å²) >= 11 is 14.3. The van der Waals surface area contributed by atoms with Crippen LogP contribution in [0.1, 0.15) is 20.7 Å². The second-order valence-electron chi connectivity index (χ2n) is 4.75. The molecule has 25 heavy (non-hydrogen) atoms. The average molecular weight is 444 g/mol. The van der Waals surface area contributed by atoms with E-state index >= 15 is 0 Å². The molecule has 2 aromatic carbocycles. The fourth-order valence-corrected chi connectivity index (χ4v) is 2.76. The maximum Gasteiger partial charge on any atom is 0.337 e. The first-order valence-electron chi connectivity index (χ1n) is 6.80. The van der Waals surface area contributed by atoms with Crippen LogP contribution >= 0.6 is 39.7 Å². The zero-order valence-electron chi connectivity index (χ0n) is 12.8. The lowest BCUT2D eigenvalue weighted by atomic mass is 10.2. The summed E-state index contributed by atoms with van der Waals surface area (Å²) in [5.74, 6) is -1.17. The lowest BCUT2D eigenvalue weighted by Crippen LogP contribution is -2.34. The minimum atomic E-state index is -1.13. The van der Waals surface area contributed by atoms with Crippen molar-refractivity contribution in [3.63, 3.8) is 0 Å². The minimum absolute atomic E-state index is 0.0125. The van der Waals surface area contributed by atoms with Crippen LogP contribution in [0.15, 0.2) is 40.9 Å². The Balaban J connectivity index is 2.11. The smallest absolute Gasteiger partial charge is 0.337 e. The van der Waals surface area contributed by atoms with Gasteiger partial charge in [-0.05, 0) is 48.6 Å². The van der Waals surface area contributed by atoms with Crippen LogP contribution in [0.2, 0.25) is 5.02 Å². The van der Waals surface area contributed by atoms with Crippen molar-refractivity contribution in [2.75, 3.05) is 12.4 Å². The first-order chi connectivity index (χ1) is 11.8. The van der Waals surface area contributed by atoms with Gasteiger partial charge in [-0.2, -0.15) is 0 Å². The maximum atomic E-state index is 12.2. The third kappa shape index (κ3) is 4.91. The second kappa shape index (κ2) is 8.28. The Morgan fingerprint density at radius 1 is 1.24 bits per heavy atom. The number of rotatable bonds is 4. The van der Waals surface area contributed by atoms with Gasteiger partial charge in [0.05, 0.1) is 23.4 Å². The van der Waals surface area contributed by atoms with Crippen LogP contribution in [0, 0.1) is 0 Å². The molecular formula is C16H12BrClN2O4S. The summed E-state index contributed by atoms with van der Waals surface area (Å²) in [6.07, 6.45) is 0. The molecule has 0 bridgehead atoms. The SMILES string of the molecule is COc1ccc(C(=O)NC(=S)Nc2ccc(Br)cc2C(=O)O)cc1Cl. The third-order valence-corrected chi connectivity index (χ3v) is 4.09. The molecule has 0 saturated carbocycles. The number of amides is 1. The van der Waals surface area contributed by atoms with Crippen molar-refractivity contribution < 1.29 is 19.4 Å². The Hall–Kier alpha value is -2.16. The quantitative estimate of drug-likeness (QED) is 0.621. The number of aromatic carboxylic acids is 1.